The molecule has 0 aliphatic rings. The zero-order chi connectivity index (χ0) is 13.1. The molecule has 3 nitrogen and oxygen atoms in total. The highest BCUT2D eigenvalue weighted by Gasteiger charge is 2.28. The molecule has 0 aliphatic carbocycles. The van der Waals surface area contributed by atoms with E-state index in [0.29, 0.717) is 0 Å². The van der Waals surface area contributed by atoms with Gasteiger partial charge in [-0.15, -0.1) is 0 Å². The molecule has 1 rings (SSSR count). The molecule has 0 atom stereocenters. The molecule has 94 valence electrons. The molecule has 0 fully saturated rings. The van der Waals surface area contributed by atoms with Crippen LogP contribution in [-0.2, 0) is 6.42 Å². The quantitative estimate of drug-likeness (QED) is 0.868. The predicted octanol–water partition coefficient (Wildman–Crippen LogP) is 2.09. The molecule has 1 aromatic rings. The number of aryl methyl sites for hydroxylation is 1. The Balaban J connectivity index is 3.04. The van der Waals surface area contributed by atoms with Crippen molar-refractivity contribution in [2.45, 2.75) is 32.7 Å². The fraction of sp³-hybridized carbons (Fsp3) is 0.500. The highest BCUT2D eigenvalue weighted by molar-refractivity contribution is 5.96. The summed E-state index contributed by atoms with van der Waals surface area (Å²) in [6, 6.07) is 7.61. The van der Waals surface area contributed by atoms with Crippen LogP contribution in [-0.4, -0.2) is 35.1 Å². The summed E-state index contributed by atoms with van der Waals surface area (Å²) in [7, 11) is 1.73. The maximum absolute atomic E-state index is 12.3. The van der Waals surface area contributed by atoms with Gasteiger partial charge in [0.15, 0.2) is 0 Å². The number of carbonyl (C=O) groups excluding carboxylic acids is 1. The van der Waals surface area contributed by atoms with Gasteiger partial charge in [-0.1, -0.05) is 25.1 Å². The summed E-state index contributed by atoms with van der Waals surface area (Å²) in [5.74, 6) is -0.0403. The number of carbonyl (C=O) groups is 1. The summed E-state index contributed by atoms with van der Waals surface area (Å²) in [5, 5.41) is 9.29. The molecule has 1 N–H and O–H groups in total. The van der Waals surface area contributed by atoms with Crippen LogP contribution in [0.1, 0.15) is 36.7 Å². The van der Waals surface area contributed by atoms with Crippen molar-refractivity contribution in [2.75, 3.05) is 13.7 Å². The van der Waals surface area contributed by atoms with Crippen molar-refractivity contribution in [3.05, 3.63) is 35.4 Å². The number of amides is 1. The van der Waals surface area contributed by atoms with Crippen LogP contribution in [0.3, 0.4) is 0 Å². The summed E-state index contributed by atoms with van der Waals surface area (Å²) >= 11 is 0. The monoisotopic (exact) mass is 235 g/mol. The number of nitrogens with zero attached hydrogens (tertiary/aromatic N) is 1. The molecule has 0 bridgehead atoms. The maximum atomic E-state index is 12.3. The molecule has 1 amide bonds. The van der Waals surface area contributed by atoms with Crippen molar-refractivity contribution < 1.29 is 9.90 Å². The zero-order valence-corrected chi connectivity index (χ0v) is 11.0. The van der Waals surface area contributed by atoms with E-state index in [1.54, 1.807) is 11.9 Å². The van der Waals surface area contributed by atoms with E-state index in [1.807, 2.05) is 45.0 Å². The third-order valence-electron chi connectivity index (χ3n) is 3.23. The van der Waals surface area contributed by atoms with Crippen LogP contribution in [0.25, 0.3) is 0 Å². The molecule has 0 heterocycles. The van der Waals surface area contributed by atoms with Crippen molar-refractivity contribution in [1.82, 2.24) is 4.90 Å². The van der Waals surface area contributed by atoms with Crippen molar-refractivity contribution in [2.24, 2.45) is 0 Å². The number of likely N-dealkylation sites (N-methyl/N-ethyl adjacent to an activating group) is 1. The first kappa shape index (κ1) is 13.7. The van der Waals surface area contributed by atoms with E-state index in [9.17, 15) is 9.90 Å². The van der Waals surface area contributed by atoms with Crippen LogP contribution in [0.2, 0.25) is 0 Å². The summed E-state index contributed by atoms with van der Waals surface area (Å²) < 4.78 is 0. The predicted molar refractivity (Wildman–Crippen MR) is 69.1 cm³/mol. The molecule has 17 heavy (non-hydrogen) atoms. The fourth-order valence-corrected chi connectivity index (χ4v) is 1.60. The van der Waals surface area contributed by atoms with E-state index >= 15 is 0 Å². The standard InChI is InChI=1S/C14H21NO2/c1-5-11-8-6-7-9-12(11)13(17)15(4)14(2,3)10-16/h6-9,16H,5,10H2,1-4H3. The van der Waals surface area contributed by atoms with Gasteiger partial charge in [0.2, 0.25) is 0 Å². The Morgan fingerprint density at radius 1 is 1.35 bits per heavy atom. The number of hydrogen-bond acceptors (Lipinski definition) is 2. The Morgan fingerprint density at radius 3 is 2.47 bits per heavy atom. The number of aliphatic hydroxyl groups is 1. The first-order valence-corrected chi connectivity index (χ1v) is 5.91. The summed E-state index contributed by atoms with van der Waals surface area (Å²) in [4.78, 5) is 13.9. The largest absolute Gasteiger partial charge is 0.394 e. The van der Waals surface area contributed by atoms with E-state index in [1.165, 1.54) is 0 Å². The van der Waals surface area contributed by atoms with E-state index in [4.69, 9.17) is 0 Å². The van der Waals surface area contributed by atoms with E-state index < -0.39 is 5.54 Å². The molecular weight excluding hydrogens is 214 g/mol. The minimum atomic E-state index is -0.544. The SMILES string of the molecule is CCc1ccccc1C(=O)N(C)C(C)(C)CO. The molecule has 1 aromatic carbocycles. The smallest absolute Gasteiger partial charge is 0.254 e. The lowest BCUT2D eigenvalue weighted by molar-refractivity contribution is 0.0472. The minimum Gasteiger partial charge on any atom is -0.394 e. The molecule has 3 heteroatoms. The number of aliphatic hydroxyl groups excluding tert-OH is 1. The Morgan fingerprint density at radius 2 is 1.94 bits per heavy atom. The van der Waals surface area contributed by atoms with Crippen LogP contribution >= 0.6 is 0 Å². The second-order valence-electron chi connectivity index (χ2n) is 4.85. The second-order valence-corrected chi connectivity index (χ2v) is 4.85. The lowest BCUT2D eigenvalue weighted by Gasteiger charge is -2.34. The zero-order valence-electron chi connectivity index (χ0n) is 11.0. The van der Waals surface area contributed by atoms with Crippen molar-refractivity contribution >= 4 is 5.91 Å². The topological polar surface area (TPSA) is 40.5 Å². The Hall–Kier alpha value is -1.35. The molecule has 0 saturated carbocycles. The summed E-state index contributed by atoms with van der Waals surface area (Å²) in [6.07, 6.45) is 0.829. The van der Waals surface area contributed by atoms with Gasteiger partial charge in [-0.25, -0.2) is 0 Å². The number of rotatable bonds is 4. The number of hydrogen-bond donors (Lipinski definition) is 1. The van der Waals surface area contributed by atoms with Gasteiger partial charge in [-0.05, 0) is 31.9 Å². The molecule has 0 aromatic heterocycles. The average molecular weight is 235 g/mol. The Kier molecular flexibility index (Phi) is 4.29. The summed E-state index contributed by atoms with van der Waals surface area (Å²) in [6.45, 7) is 5.67. The van der Waals surface area contributed by atoms with Gasteiger partial charge in [0.1, 0.15) is 0 Å². The lowest BCUT2D eigenvalue weighted by atomic mass is 10.00. The van der Waals surface area contributed by atoms with Crippen molar-refractivity contribution in [1.29, 1.82) is 0 Å². The average Bonchev–Trinajstić information content (AvgIpc) is 2.36. The molecule has 0 radical (unpaired) electrons. The van der Waals surface area contributed by atoms with Gasteiger partial charge in [0.05, 0.1) is 12.1 Å². The molecule has 0 aliphatic heterocycles. The lowest BCUT2D eigenvalue weighted by Crippen LogP contribution is -2.47. The van der Waals surface area contributed by atoms with Crippen LogP contribution in [0, 0.1) is 0 Å². The van der Waals surface area contributed by atoms with Gasteiger partial charge < -0.3 is 10.0 Å². The third-order valence-corrected chi connectivity index (χ3v) is 3.23. The van der Waals surface area contributed by atoms with Crippen LogP contribution in [0.15, 0.2) is 24.3 Å². The van der Waals surface area contributed by atoms with Crippen LogP contribution < -0.4 is 0 Å². The second kappa shape index (κ2) is 5.32. The molecular formula is C14H21NO2. The minimum absolute atomic E-state index is 0.0403. The normalized spacial score (nSPS) is 11.4. The molecule has 0 saturated heterocycles. The third kappa shape index (κ3) is 2.86. The first-order valence-electron chi connectivity index (χ1n) is 5.91. The van der Waals surface area contributed by atoms with Crippen molar-refractivity contribution in [3.63, 3.8) is 0 Å². The number of benzene rings is 1. The summed E-state index contributed by atoms with van der Waals surface area (Å²) in [5.41, 5.74) is 1.22. The van der Waals surface area contributed by atoms with Crippen molar-refractivity contribution in [3.8, 4) is 0 Å². The van der Waals surface area contributed by atoms with E-state index in [0.717, 1.165) is 17.5 Å². The first-order chi connectivity index (χ1) is 7.94. The van der Waals surface area contributed by atoms with E-state index in [-0.39, 0.29) is 12.5 Å². The highest BCUT2D eigenvalue weighted by atomic mass is 16.3. The molecule has 0 spiro atoms. The maximum Gasteiger partial charge on any atom is 0.254 e. The van der Waals surface area contributed by atoms with Gasteiger partial charge in [-0.3, -0.25) is 4.79 Å². The highest BCUT2D eigenvalue weighted by Crippen LogP contribution is 2.18. The van der Waals surface area contributed by atoms with E-state index in [2.05, 4.69) is 0 Å². The van der Waals surface area contributed by atoms with Crippen LogP contribution in [0.5, 0.6) is 0 Å². The van der Waals surface area contributed by atoms with Gasteiger partial charge in [0, 0.05) is 12.6 Å². The Labute approximate surface area is 103 Å². The van der Waals surface area contributed by atoms with Gasteiger partial charge >= 0.3 is 0 Å². The van der Waals surface area contributed by atoms with Gasteiger partial charge in [0.25, 0.3) is 5.91 Å². The molecule has 0 unspecified atom stereocenters. The fourth-order valence-electron chi connectivity index (χ4n) is 1.60. The Bertz CT molecular complexity index is 399. The van der Waals surface area contributed by atoms with Crippen LogP contribution in [0.4, 0.5) is 0 Å². The van der Waals surface area contributed by atoms with Gasteiger partial charge in [-0.2, -0.15) is 0 Å².